The smallest absolute Gasteiger partial charge is 0.198 e. The highest BCUT2D eigenvalue weighted by atomic mass is 32.1. The van der Waals surface area contributed by atoms with Gasteiger partial charge in [0.2, 0.25) is 0 Å². The van der Waals surface area contributed by atoms with Crippen LogP contribution in [0, 0.1) is 37.1 Å². The van der Waals surface area contributed by atoms with E-state index < -0.39 is 23.3 Å². The Labute approximate surface area is 268 Å². The molecule has 0 fully saturated rings. The SMILES string of the molecule is Cc1sc(-c2ccc(-c3ccccc3)s2)cc1-c1c(F)c(F)c(F)c(F)c1-c1cc(-c2ccc(-c3ccccc3)s2)sc1C. The van der Waals surface area contributed by atoms with E-state index in [9.17, 15) is 8.78 Å². The molecule has 0 spiro atoms. The Hall–Kier alpha value is -3.82. The molecular weight excluding hydrogens is 637 g/mol. The van der Waals surface area contributed by atoms with Gasteiger partial charge < -0.3 is 0 Å². The summed E-state index contributed by atoms with van der Waals surface area (Å²) < 4.78 is 61.2. The predicted octanol–water partition coefficient (Wildman–Crippen LogP) is 13.1. The Morgan fingerprint density at radius 3 is 1.14 bits per heavy atom. The molecular formula is C36H22F4S4. The number of halogens is 4. The summed E-state index contributed by atoms with van der Waals surface area (Å²) in [5, 5.41) is 0. The van der Waals surface area contributed by atoms with Crippen LogP contribution >= 0.6 is 45.3 Å². The maximum absolute atomic E-state index is 15.8. The first kappa shape index (κ1) is 28.9. The van der Waals surface area contributed by atoms with E-state index in [1.54, 1.807) is 48.7 Å². The summed E-state index contributed by atoms with van der Waals surface area (Å²) in [5.74, 6) is -6.40. The number of hydrogen-bond acceptors (Lipinski definition) is 4. The maximum atomic E-state index is 15.8. The van der Waals surface area contributed by atoms with Crippen molar-refractivity contribution in [2.45, 2.75) is 13.8 Å². The lowest BCUT2D eigenvalue weighted by atomic mass is 9.93. The monoisotopic (exact) mass is 658 g/mol. The van der Waals surface area contributed by atoms with E-state index in [0.29, 0.717) is 20.9 Å². The second kappa shape index (κ2) is 11.6. The maximum Gasteiger partial charge on any atom is 0.198 e. The summed E-state index contributed by atoms with van der Waals surface area (Å²) in [7, 11) is 0. The summed E-state index contributed by atoms with van der Waals surface area (Å²) in [6.45, 7) is 3.58. The van der Waals surface area contributed by atoms with Crippen LogP contribution in [-0.2, 0) is 0 Å². The van der Waals surface area contributed by atoms with Crippen molar-refractivity contribution < 1.29 is 17.6 Å². The van der Waals surface area contributed by atoms with Crippen LogP contribution in [0.1, 0.15) is 9.75 Å². The van der Waals surface area contributed by atoms with E-state index in [0.717, 1.165) is 40.4 Å². The summed E-state index contributed by atoms with van der Waals surface area (Å²) >= 11 is 6.00. The van der Waals surface area contributed by atoms with Gasteiger partial charge in [-0.15, -0.1) is 45.3 Å². The van der Waals surface area contributed by atoms with Gasteiger partial charge in [-0.2, -0.15) is 0 Å². The lowest BCUT2D eigenvalue weighted by Crippen LogP contribution is -2.03. The Bertz CT molecular complexity index is 1980. The molecule has 0 radical (unpaired) electrons. The lowest BCUT2D eigenvalue weighted by molar-refractivity contribution is 0.412. The number of rotatable bonds is 6. The lowest BCUT2D eigenvalue weighted by Gasteiger charge is -2.14. The molecule has 0 bridgehead atoms. The first-order chi connectivity index (χ1) is 21.3. The van der Waals surface area contributed by atoms with E-state index in [4.69, 9.17) is 0 Å². The fraction of sp³-hybridized carbons (Fsp3) is 0.0556. The molecule has 4 heterocycles. The third-order valence-electron chi connectivity index (χ3n) is 7.46. The minimum absolute atomic E-state index is 0.259. The number of thiophene rings is 4. The predicted molar refractivity (Wildman–Crippen MR) is 180 cm³/mol. The third-order valence-corrected chi connectivity index (χ3v) is 12.2. The Balaban J connectivity index is 1.34. The van der Waals surface area contributed by atoms with Crippen molar-refractivity contribution in [2.24, 2.45) is 0 Å². The molecule has 0 aliphatic carbocycles. The molecule has 7 aromatic rings. The summed E-state index contributed by atoms with van der Waals surface area (Å²) in [4.78, 5) is 7.10. The van der Waals surface area contributed by atoms with Crippen molar-refractivity contribution in [3.63, 3.8) is 0 Å². The summed E-state index contributed by atoms with van der Waals surface area (Å²) in [6.07, 6.45) is 0. The molecule has 4 aromatic heterocycles. The third kappa shape index (κ3) is 5.06. The van der Waals surface area contributed by atoms with Crippen LogP contribution in [0.5, 0.6) is 0 Å². The standard InChI is InChI=1S/C36H22F4S4/c1-19-23(17-29(41-19)27-15-13-25(43-27)21-9-5-3-6-10-21)31-32(34(38)36(40)35(39)33(31)37)24-18-30(42-20(24)2)28-16-14-26(44-28)22-11-7-4-8-12-22/h3-18H,1-2H3. The zero-order chi connectivity index (χ0) is 30.5. The van der Waals surface area contributed by atoms with Crippen LogP contribution in [0.25, 0.3) is 62.6 Å². The van der Waals surface area contributed by atoms with Gasteiger partial charge in [0.25, 0.3) is 0 Å². The van der Waals surface area contributed by atoms with E-state index in [2.05, 4.69) is 0 Å². The van der Waals surface area contributed by atoms with Crippen molar-refractivity contribution >= 4 is 45.3 Å². The van der Waals surface area contributed by atoms with Crippen molar-refractivity contribution in [3.8, 4) is 62.6 Å². The molecule has 0 unspecified atom stereocenters. The van der Waals surface area contributed by atoms with Crippen LogP contribution in [-0.4, -0.2) is 0 Å². The fourth-order valence-corrected chi connectivity index (χ4v) is 9.53. The van der Waals surface area contributed by atoms with Gasteiger partial charge in [-0.25, -0.2) is 17.6 Å². The fourth-order valence-electron chi connectivity index (χ4n) is 5.30. The Kier molecular flexibility index (Phi) is 7.62. The van der Waals surface area contributed by atoms with Gasteiger partial charge in [-0.05, 0) is 72.5 Å². The minimum Gasteiger partial charge on any atom is -0.203 e. The minimum atomic E-state index is -1.81. The molecule has 218 valence electrons. The highest BCUT2D eigenvalue weighted by Crippen LogP contribution is 2.49. The molecule has 0 nitrogen and oxygen atoms in total. The number of benzene rings is 3. The van der Waals surface area contributed by atoms with E-state index >= 15 is 8.78 Å². The van der Waals surface area contributed by atoms with Crippen LogP contribution < -0.4 is 0 Å². The summed E-state index contributed by atoms with van der Waals surface area (Å²) in [5.41, 5.74) is 2.34. The van der Waals surface area contributed by atoms with Crippen molar-refractivity contribution in [1.29, 1.82) is 0 Å². The first-order valence-corrected chi connectivity index (χ1v) is 17.0. The second-order valence-electron chi connectivity index (χ2n) is 10.2. The van der Waals surface area contributed by atoms with Gasteiger partial charge in [0.1, 0.15) is 0 Å². The van der Waals surface area contributed by atoms with Gasteiger partial charge in [0.15, 0.2) is 23.3 Å². The van der Waals surface area contributed by atoms with Gasteiger partial charge in [-0.1, -0.05) is 60.7 Å². The molecule has 0 saturated heterocycles. The molecule has 44 heavy (non-hydrogen) atoms. The zero-order valence-electron chi connectivity index (χ0n) is 23.4. The van der Waals surface area contributed by atoms with Crippen LogP contribution in [0.3, 0.4) is 0 Å². The van der Waals surface area contributed by atoms with Crippen LogP contribution in [0.15, 0.2) is 97.1 Å². The summed E-state index contributed by atoms with van der Waals surface area (Å²) in [6, 6.07) is 31.5. The van der Waals surface area contributed by atoms with E-state index in [1.807, 2.05) is 84.9 Å². The highest BCUT2D eigenvalue weighted by Gasteiger charge is 2.30. The first-order valence-electron chi connectivity index (χ1n) is 13.7. The van der Waals surface area contributed by atoms with Crippen molar-refractivity contribution in [1.82, 2.24) is 0 Å². The average molecular weight is 659 g/mol. The largest absolute Gasteiger partial charge is 0.203 e. The molecule has 3 aromatic carbocycles. The van der Waals surface area contributed by atoms with Gasteiger partial charge in [0.05, 0.1) is 0 Å². The number of hydrogen-bond donors (Lipinski definition) is 0. The topological polar surface area (TPSA) is 0 Å². The van der Waals surface area contributed by atoms with Crippen LogP contribution in [0.4, 0.5) is 17.6 Å². The molecule has 8 heteroatoms. The second-order valence-corrected chi connectivity index (χ2v) is 14.9. The quantitative estimate of drug-likeness (QED) is 0.0948. The van der Waals surface area contributed by atoms with Crippen molar-refractivity contribution in [3.05, 3.63) is 130 Å². The normalized spacial score (nSPS) is 11.4. The van der Waals surface area contributed by atoms with Gasteiger partial charge in [-0.3, -0.25) is 0 Å². The van der Waals surface area contributed by atoms with Crippen molar-refractivity contribution in [2.75, 3.05) is 0 Å². The molecule has 0 aliphatic rings. The molecule has 0 atom stereocenters. The Morgan fingerprint density at radius 2 is 0.750 bits per heavy atom. The molecule has 0 saturated carbocycles. The molecule has 0 amide bonds. The average Bonchev–Trinajstić information content (AvgIpc) is 3.86. The van der Waals surface area contributed by atoms with Crippen LogP contribution in [0.2, 0.25) is 0 Å². The number of aryl methyl sites for hydroxylation is 2. The molecule has 0 aliphatic heterocycles. The van der Waals surface area contributed by atoms with E-state index in [1.165, 1.54) is 22.7 Å². The zero-order valence-corrected chi connectivity index (χ0v) is 26.6. The molecule has 0 N–H and O–H groups in total. The van der Waals surface area contributed by atoms with Gasteiger partial charge >= 0.3 is 0 Å². The Morgan fingerprint density at radius 1 is 0.386 bits per heavy atom. The van der Waals surface area contributed by atoms with E-state index in [-0.39, 0.29) is 11.1 Å². The van der Waals surface area contributed by atoms with Gasteiger partial charge in [0, 0.05) is 50.1 Å². The highest BCUT2D eigenvalue weighted by molar-refractivity contribution is 7.24. The molecule has 7 rings (SSSR count).